The maximum absolute atomic E-state index is 11.6. The van der Waals surface area contributed by atoms with E-state index in [-0.39, 0.29) is 11.8 Å². The minimum atomic E-state index is -2.99. The third kappa shape index (κ3) is 4.83. The molecule has 0 bridgehead atoms. The van der Waals surface area contributed by atoms with Crippen molar-refractivity contribution in [3.63, 3.8) is 0 Å². The van der Waals surface area contributed by atoms with Crippen molar-refractivity contribution < 1.29 is 8.42 Å². The van der Waals surface area contributed by atoms with Gasteiger partial charge < -0.3 is 5.32 Å². The summed E-state index contributed by atoms with van der Waals surface area (Å²) in [4.78, 5) is 0. The van der Waals surface area contributed by atoms with Crippen LogP contribution in [0.2, 0.25) is 0 Å². The zero-order valence-corrected chi connectivity index (χ0v) is 13.5. The lowest BCUT2D eigenvalue weighted by Gasteiger charge is -2.18. The molecule has 0 aliphatic carbocycles. The van der Waals surface area contributed by atoms with E-state index in [2.05, 4.69) is 36.5 Å². The quantitative estimate of drug-likeness (QED) is 0.855. The number of fused-ring (bicyclic) bond motifs is 1. The van der Waals surface area contributed by atoms with Crippen LogP contribution in [0.3, 0.4) is 0 Å². The van der Waals surface area contributed by atoms with E-state index in [4.69, 9.17) is 0 Å². The van der Waals surface area contributed by atoms with Gasteiger partial charge in [-0.15, -0.1) is 0 Å². The molecule has 0 saturated heterocycles. The van der Waals surface area contributed by atoms with E-state index < -0.39 is 9.84 Å². The van der Waals surface area contributed by atoms with E-state index in [9.17, 15) is 8.42 Å². The highest BCUT2D eigenvalue weighted by molar-refractivity contribution is 7.90. The van der Waals surface area contributed by atoms with Crippen LogP contribution in [-0.4, -0.2) is 33.0 Å². The van der Waals surface area contributed by atoms with Gasteiger partial charge in [0.25, 0.3) is 0 Å². The Morgan fingerprint density at radius 2 is 1.81 bits per heavy atom. The Hall–Kier alpha value is -1.39. The van der Waals surface area contributed by atoms with E-state index >= 15 is 0 Å². The second-order valence-corrected chi connectivity index (χ2v) is 7.77. The lowest BCUT2D eigenvalue weighted by Crippen LogP contribution is -2.37. The van der Waals surface area contributed by atoms with Crippen LogP contribution in [0.15, 0.2) is 42.5 Å². The van der Waals surface area contributed by atoms with Gasteiger partial charge in [-0.2, -0.15) is 0 Å². The van der Waals surface area contributed by atoms with Crippen LogP contribution in [0.1, 0.15) is 18.9 Å². The van der Waals surface area contributed by atoms with Gasteiger partial charge in [-0.3, -0.25) is 0 Å². The number of rotatable bonds is 7. The second kappa shape index (κ2) is 7.05. The molecule has 1 atom stereocenters. The van der Waals surface area contributed by atoms with Crippen molar-refractivity contribution in [3.8, 4) is 0 Å². The molecule has 0 amide bonds. The Kier molecular flexibility index (Phi) is 5.37. The molecule has 4 heteroatoms. The van der Waals surface area contributed by atoms with Crippen molar-refractivity contribution in [2.24, 2.45) is 0 Å². The molecule has 0 heterocycles. The van der Waals surface area contributed by atoms with Gasteiger partial charge in [0.05, 0.1) is 5.75 Å². The first kappa shape index (κ1) is 16.0. The minimum Gasteiger partial charge on any atom is -0.313 e. The highest BCUT2D eigenvalue weighted by Gasteiger charge is 2.16. The van der Waals surface area contributed by atoms with Crippen molar-refractivity contribution in [3.05, 3.63) is 48.0 Å². The van der Waals surface area contributed by atoms with Crippen LogP contribution in [0, 0.1) is 0 Å². The molecule has 2 aromatic rings. The van der Waals surface area contributed by atoms with E-state index in [1.165, 1.54) is 22.6 Å². The van der Waals surface area contributed by atoms with Gasteiger partial charge in [-0.1, -0.05) is 49.4 Å². The van der Waals surface area contributed by atoms with Crippen LogP contribution in [0.4, 0.5) is 0 Å². The molecular weight excluding hydrogens is 282 g/mol. The third-order valence-electron chi connectivity index (χ3n) is 3.53. The number of nitrogens with one attached hydrogen (secondary N) is 1. The summed E-state index contributed by atoms with van der Waals surface area (Å²) in [6.45, 7) is 2.92. The molecule has 0 saturated carbocycles. The summed E-state index contributed by atoms with van der Waals surface area (Å²) in [6.07, 6.45) is 3.03. The zero-order valence-electron chi connectivity index (χ0n) is 12.7. The van der Waals surface area contributed by atoms with Crippen LogP contribution < -0.4 is 5.32 Å². The molecule has 2 aromatic carbocycles. The van der Waals surface area contributed by atoms with Gasteiger partial charge in [0.15, 0.2) is 0 Å². The van der Waals surface area contributed by atoms with Gasteiger partial charge in [-0.05, 0) is 35.7 Å². The van der Waals surface area contributed by atoms with Crippen LogP contribution in [0.5, 0.6) is 0 Å². The standard InChI is InChI=1S/C17H23NO2S/c1-3-11-18-16(13-21(2,19)20)12-15-9-6-8-14-7-4-5-10-17(14)15/h4-10,16,18H,3,11-13H2,1-2H3. The normalized spacial score (nSPS) is 13.4. The Balaban J connectivity index is 2.25. The van der Waals surface area contributed by atoms with Crippen molar-refractivity contribution in [2.75, 3.05) is 18.6 Å². The predicted molar refractivity (Wildman–Crippen MR) is 89.4 cm³/mol. The molecule has 0 spiro atoms. The van der Waals surface area contributed by atoms with E-state index in [1.807, 2.05) is 18.2 Å². The lowest BCUT2D eigenvalue weighted by atomic mass is 9.99. The SMILES string of the molecule is CCCNC(Cc1cccc2ccccc12)CS(C)(=O)=O. The smallest absolute Gasteiger partial charge is 0.148 e. The van der Waals surface area contributed by atoms with Crippen molar-refractivity contribution in [2.45, 2.75) is 25.8 Å². The highest BCUT2D eigenvalue weighted by atomic mass is 32.2. The van der Waals surface area contributed by atoms with E-state index in [0.29, 0.717) is 0 Å². The number of hydrogen-bond acceptors (Lipinski definition) is 3. The summed E-state index contributed by atoms with van der Waals surface area (Å²) in [5.41, 5.74) is 1.20. The molecule has 0 aliphatic heterocycles. The summed E-state index contributed by atoms with van der Waals surface area (Å²) in [7, 11) is -2.99. The molecule has 3 nitrogen and oxygen atoms in total. The molecule has 114 valence electrons. The Labute approximate surface area is 127 Å². The van der Waals surface area contributed by atoms with Crippen molar-refractivity contribution in [1.29, 1.82) is 0 Å². The molecule has 21 heavy (non-hydrogen) atoms. The van der Waals surface area contributed by atoms with E-state index in [0.717, 1.165) is 19.4 Å². The van der Waals surface area contributed by atoms with Crippen molar-refractivity contribution >= 4 is 20.6 Å². The molecule has 0 radical (unpaired) electrons. The van der Waals surface area contributed by atoms with Crippen LogP contribution in [-0.2, 0) is 16.3 Å². The molecular formula is C17H23NO2S. The third-order valence-corrected chi connectivity index (χ3v) is 4.54. The fraction of sp³-hybridized carbons (Fsp3) is 0.412. The summed E-state index contributed by atoms with van der Waals surface area (Å²) in [6, 6.07) is 14.4. The first-order valence-corrected chi connectivity index (χ1v) is 9.43. The number of benzene rings is 2. The number of sulfone groups is 1. The first-order chi connectivity index (χ1) is 9.99. The Morgan fingerprint density at radius 3 is 2.52 bits per heavy atom. The average Bonchev–Trinajstić information content (AvgIpc) is 2.43. The number of hydrogen-bond donors (Lipinski definition) is 1. The lowest BCUT2D eigenvalue weighted by molar-refractivity contribution is 0.531. The maximum atomic E-state index is 11.6. The minimum absolute atomic E-state index is 0.0363. The predicted octanol–water partition coefficient (Wildman–Crippen LogP) is 2.80. The van der Waals surface area contributed by atoms with Gasteiger partial charge in [0.2, 0.25) is 0 Å². The first-order valence-electron chi connectivity index (χ1n) is 7.37. The zero-order chi connectivity index (χ0) is 15.3. The second-order valence-electron chi connectivity index (χ2n) is 5.59. The van der Waals surface area contributed by atoms with Gasteiger partial charge in [-0.25, -0.2) is 8.42 Å². The maximum Gasteiger partial charge on any atom is 0.148 e. The molecule has 1 N–H and O–H groups in total. The summed E-state index contributed by atoms with van der Waals surface area (Å²) in [5.74, 6) is 0.177. The topological polar surface area (TPSA) is 46.2 Å². The van der Waals surface area contributed by atoms with Crippen molar-refractivity contribution in [1.82, 2.24) is 5.32 Å². The van der Waals surface area contributed by atoms with Gasteiger partial charge in [0.1, 0.15) is 9.84 Å². The highest BCUT2D eigenvalue weighted by Crippen LogP contribution is 2.20. The summed E-state index contributed by atoms with van der Waals surface area (Å²) in [5, 5.41) is 5.76. The Morgan fingerprint density at radius 1 is 1.10 bits per heavy atom. The largest absolute Gasteiger partial charge is 0.313 e. The Bertz CT molecular complexity index is 690. The van der Waals surface area contributed by atoms with Gasteiger partial charge >= 0.3 is 0 Å². The fourth-order valence-corrected chi connectivity index (χ4v) is 3.61. The van der Waals surface area contributed by atoms with Crippen LogP contribution >= 0.6 is 0 Å². The monoisotopic (exact) mass is 305 g/mol. The summed E-state index contributed by atoms with van der Waals surface area (Å²) >= 11 is 0. The molecule has 0 fully saturated rings. The fourth-order valence-electron chi connectivity index (χ4n) is 2.64. The summed E-state index contributed by atoms with van der Waals surface area (Å²) < 4.78 is 23.2. The molecule has 0 aromatic heterocycles. The molecule has 2 rings (SSSR count). The molecule has 1 unspecified atom stereocenters. The van der Waals surface area contributed by atoms with Gasteiger partial charge in [0, 0.05) is 12.3 Å². The average molecular weight is 305 g/mol. The molecule has 0 aliphatic rings. The van der Waals surface area contributed by atoms with E-state index in [1.54, 1.807) is 0 Å². The van der Waals surface area contributed by atoms with Crippen LogP contribution in [0.25, 0.3) is 10.8 Å².